The van der Waals surface area contributed by atoms with Crippen LogP contribution in [0.2, 0.25) is 0 Å². The van der Waals surface area contributed by atoms with Crippen molar-refractivity contribution >= 4 is 23.4 Å². The van der Waals surface area contributed by atoms with Crippen LogP contribution in [0.25, 0.3) is 0 Å². The van der Waals surface area contributed by atoms with Crippen LogP contribution in [0.4, 0.5) is 10.1 Å². The lowest BCUT2D eigenvalue weighted by atomic mass is 9.85. The van der Waals surface area contributed by atoms with Gasteiger partial charge in [0, 0.05) is 24.7 Å². The Morgan fingerprint density at radius 2 is 1.75 bits per heavy atom. The van der Waals surface area contributed by atoms with Gasteiger partial charge in [-0.2, -0.15) is 0 Å². The van der Waals surface area contributed by atoms with E-state index in [9.17, 15) is 18.8 Å². The Kier molecular flexibility index (Phi) is 6.03. The van der Waals surface area contributed by atoms with Gasteiger partial charge in [0.25, 0.3) is 11.8 Å². The summed E-state index contributed by atoms with van der Waals surface area (Å²) in [6.07, 6.45) is 3.85. The summed E-state index contributed by atoms with van der Waals surface area (Å²) in [7, 11) is 1.48. The van der Waals surface area contributed by atoms with Gasteiger partial charge in [-0.1, -0.05) is 0 Å². The quantitative estimate of drug-likeness (QED) is 0.626. The summed E-state index contributed by atoms with van der Waals surface area (Å²) in [6, 6.07) is 5.55. The summed E-state index contributed by atoms with van der Waals surface area (Å²) < 4.78 is 12.9. The second-order valence-corrected chi connectivity index (χ2v) is 6.72. The molecule has 1 saturated carbocycles. The molecule has 148 valence electrons. The van der Waals surface area contributed by atoms with Gasteiger partial charge in [0.1, 0.15) is 11.5 Å². The van der Waals surface area contributed by atoms with Crippen LogP contribution in [0.5, 0.6) is 0 Å². The minimum atomic E-state index is -0.418. The molecule has 2 aromatic rings. The summed E-state index contributed by atoms with van der Waals surface area (Å²) in [5.74, 6) is -1.45. The van der Waals surface area contributed by atoms with Gasteiger partial charge in [-0.15, -0.1) is 0 Å². The number of imidazole rings is 1. The third kappa shape index (κ3) is 4.54. The molecule has 0 radical (unpaired) electrons. The Labute approximate surface area is 161 Å². The molecule has 28 heavy (non-hydrogen) atoms. The Bertz CT molecular complexity index is 857. The van der Waals surface area contributed by atoms with Crippen molar-refractivity contribution in [2.45, 2.75) is 31.7 Å². The average molecular weight is 387 g/mol. The molecule has 1 aliphatic carbocycles. The van der Waals surface area contributed by atoms with Crippen molar-refractivity contribution in [3.8, 4) is 0 Å². The normalized spacial score (nSPS) is 18.9. The number of carbonyl (C=O) groups is 3. The van der Waals surface area contributed by atoms with E-state index in [4.69, 9.17) is 0 Å². The number of nitrogens with zero attached hydrogens (tertiary/aromatic N) is 1. The van der Waals surface area contributed by atoms with Gasteiger partial charge < -0.3 is 20.9 Å². The van der Waals surface area contributed by atoms with Crippen molar-refractivity contribution in [1.29, 1.82) is 0 Å². The number of hydrogen-bond donors (Lipinski definition) is 4. The van der Waals surface area contributed by atoms with Crippen LogP contribution in [-0.4, -0.2) is 40.8 Å². The van der Waals surface area contributed by atoms with Crippen LogP contribution in [0.3, 0.4) is 0 Å². The smallest absolute Gasteiger partial charge is 0.272 e. The Morgan fingerprint density at radius 1 is 1.07 bits per heavy atom. The molecule has 1 aliphatic rings. The molecule has 0 spiro atoms. The zero-order chi connectivity index (χ0) is 20.1. The molecule has 0 saturated heterocycles. The molecule has 0 unspecified atom stereocenters. The zero-order valence-electron chi connectivity index (χ0n) is 15.4. The van der Waals surface area contributed by atoms with Crippen molar-refractivity contribution in [3.63, 3.8) is 0 Å². The van der Waals surface area contributed by atoms with Crippen LogP contribution in [-0.2, 0) is 4.79 Å². The van der Waals surface area contributed by atoms with E-state index >= 15 is 0 Å². The molecule has 0 bridgehead atoms. The maximum Gasteiger partial charge on any atom is 0.272 e. The molecule has 1 heterocycles. The molecule has 3 amide bonds. The lowest BCUT2D eigenvalue weighted by Gasteiger charge is -2.28. The van der Waals surface area contributed by atoms with E-state index in [1.165, 1.54) is 37.6 Å². The summed E-state index contributed by atoms with van der Waals surface area (Å²) >= 11 is 0. The van der Waals surface area contributed by atoms with Crippen molar-refractivity contribution < 1.29 is 18.8 Å². The second-order valence-electron chi connectivity index (χ2n) is 6.72. The first-order valence-electron chi connectivity index (χ1n) is 9.10. The molecular weight excluding hydrogens is 365 g/mol. The third-order valence-electron chi connectivity index (χ3n) is 4.85. The number of rotatable bonds is 5. The molecule has 8 nitrogen and oxygen atoms in total. The van der Waals surface area contributed by atoms with Crippen molar-refractivity contribution in [3.05, 3.63) is 47.8 Å². The second kappa shape index (κ2) is 8.64. The Hall–Kier alpha value is -3.23. The fourth-order valence-corrected chi connectivity index (χ4v) is 3.30. The number of H-pyrrole nitrogens is 1. The minimum absolute atomic E-state index is 0.0514. The molecule has 9 heteroatoms. The number of anilines is 1. The first kappa shape index (κ1) is 19.5. The first-order valence-corrected chi connectivity index (χ1v) is 9.10. The Balaban J connectivity index is 1.50. The molecule has 1 fully saturated rings. The standard InChI is InChI=1S/C19H22FN5O3/c1-21-18(27)15-16(23-10-22-15)19(28)25-13-6-2-11(3-7-13)17(26)24-14-8-4-12(20)5-9-14/h4-5,8-11,13H,2-3,6-7H2,1H3,(H,21,27)(H,22,23)(H,24,26)(H,25,28). The summed E-state index contributed by atoms with van der Waals surface area (Å²) in [6.45, 7) is 0. The van der Waals surface area contributed by atoms with E-state index in [1.807, 2.05) is 0 Å². The van der Waals surface area contributed by atoms with Crippen LogP contribution >= 0.6 is 0 Å². The lowest BCUT2D eigenvalue weighted by Crippen LogP contribution is -2.40. The van der Waals surface area contributed by atoms with Gasteiger partial charge in [-0.25, -0.2) is 9.37 Å². The monoisotopic (exact) mass is 387 g/mol. The highest BCUT2D eigenvalue weighted by molar-refractivity contribution is 6.04. The number of aromatic nitrogens is 2. The van der Waals surface area contributed by atoms with Gasteiger partial charge in [-0.05, 0) is 49.9 Å². The SMILES string of the molecule is CNC(=O)c1[nH]cnc1C(=O)NC1CCC(C(=O)Nc2ccc(F)cc2)CC1. The molecule has 3 rings (SSSR count). The van der Waals surface area contributed by atoms with Crippen LogP contribution in [0.1, 0.15) is 46.7 Å². The molecule has 0 atom stereocenters. The van der Waals surface area contributed by atoms with Gasteiger partial charge in [-0.3, -0.25) is 14.4 Å². The highest BCUT2D eigenvalue weighted by Gasteiger charge is 2.28. The average Bonchev–Trinajstić information content (AvgIpc) is 3.19. The van der Waals surface area contributed by atoms with Gasteiger partial charge in [0.15, 0.2) is 5.69 Å². The lowest BCUT2D eigenvalue weighted by molar-refractivity contribution is -0.120. The number of hydrogen-bond acceptors (Lipinski definition) is 4. The zero-order valence-corrected chi connectivity index (χ0v) is 15.4. The maximum absolute atomic E-state index is 12.9. The van der Waals surface area contributed by atoms with Crippen molar-refractivity contribution in [2.24, 2.45) is 5.92 Å². The molecule has 1 aromatic heterocycles. The summed E-state index contributed by atoms with van der Waals surface area (Å²) in [4.78, 5) is 43.1. The minimum Gasteiger partial charge on any atom is -0.354 e. The van der Waals surface area contributed by atoms with Gasteiger partial charge >= 0.3 is 0 Å². The highest BCUT2D eigenvalue weighted by atomic mass is 19.1. The first-order chi connectivity index (χ1) is 13.5. The predicted octanol–water partition coefficient (Wildman–Crippen LogP) is 1.84. The van der Waals surface area contributed by atoms with Crippen molar-refractivity contribution in [2.75, 3.05) is 12.4 Å². The fraction of sp³-hybridized carbons (Fsp3) is 0.368. The number of benzene rings is 1. The fourth-order valence-electron chi connectivity index (χ4n) is 3.30. The van der Waals surface area contributed by atoms with Crippen molar-refractivity contribution in [1.82, 2.24) is 20.6 Å². The summed E-state index contributed by atoms with van der Waals surface area (Å²) in [5, 5.41) is 8.13. The molecule has 0 aliphatic heterocycles. The van der Waals surface area contributed by atoms with Crippen LogP contribution in [0.15, 0.2) is 30.6 Å². The number of nitrogens with one attached hydrogen (secondary N) is 4. The van der Waals surface area contributed by atoms with Gasteiger partial charge in [0.2, 0.25) is 5.91 Å². The number of halogens is 1. The largest absolute Gasteiger partial charge is 0.354 e. The van der Waals surface area contributed by atoms with E-state index in [-0.39, 0.29) is 35.1 Å². The number of carbonyl (C=O) groups excluding carboxylic acids is 3. The molecule has 4 N–H and O–H groups in total. The topological polar surface area (TPSA) is 116 Å². The molecular formula is C19H22FN5O3. The van der Waals surface area contributed by atoms with Gasteiger partial charge in [0.05, 0.1) is 6.33 Å². The highest BCUT2D eigenvalue weighted by Crippen LogP contribution is 2.26. The van der Waals surface area contributed by atoms with E-state index in [1.54, 1.807) is 0 Å². The molecule has 1 aromatic carbocycles. The number of amides is 3. The van der Waals surface area contributed by atoms with Crippen LogP contribution < -0.4 is 16.0 Å². The summed E-state index contributed by atoms with van der Waals surface area (Å²) in [5.41, 5.74) is 0.727. The van der Waals surface area contributed by atoms with E-state index in [2.05, 4.69) is 25.9 Å². The van der Waals surface area contributed by atoms with E-state index < -0.39 is 11.8 Å². The van der Waals surface area contributed by atoms with E-state index in [0.29, 0.717) is 31.4 Å². The Morgan fingerprint density at radius 3 is 2.39 bits per heavy atom. The number of aromatic amines is 1. The third-order valence-corrected chi connectivity index (χ3v) is 4.85. The predicted molar refractivity (Wildman–Crippen MR) is 100 cm³/mol. The maximum atomic E-state index is 12.9. The van der Waals surface area contributed by atoms with Crippen LogP contribution in [0, 0.1) is 11.7 Å². The van der Waals surface area contributed by atoms with E-state index in [0.717, 1.165) is 0 Å².